The highest BCUT2D eigenvalue weighted by Gasteiger charge is 2.23. The SMILES string of the molecule is Cc1cc2ccccc2c(N2CCC(Oc3cnccn3)CC2)n1. The normalized spacial score (nSPS) is 15.6. The van der Waals surface area contributed by atoms with Gasteiger partial charge in [0.2, 0.25) is 5.88 Å². The zero-order valence-corrected chi connectivity index (χ0v) is 13.7. The summed E-state index contributed by atoms with van der Waals surface area (Å²) in [5.74, 6) is 1.69. The summed E-state index contributed by atoms with van der Waals surface area (Å²) in [5.41, 5.74) is 1.06. The van der Waals surface area contributed by atoms with Gasteiger partial charge >= 0.3 is 0 Å². The van der Waals surface area contributed by atoms with Crippen molar-refractivity contribution in [3.8, 4) is 5.88 Å². The monoisotopic (exact) mass is 320 g/mol. The third kappa shape index (κ3) is 3.02. The zero-order valence-electron chi connectivity index (χ0n) is 13.7. The van der Waals surface area contributed by atoms with E-state index in [1.807, 2.05) is 0 Å². The molecule has 122 valence electrons. The van der Waals surface area contributed by atoms with E-state index in [1.165, 1.54) is 10.8 Å². The Bertz CT molecular complexity index is 829. The molecular weight excluding hydrogens is 300 g/mol. The Morgan fingerprint density at radius 3 is 2.75 bits per heavy atom. The summed E-state index contributed by atoms with van der Waals surface area (Å²) in [6.45, 7) is 3.93. The second-order valence-corrected chi connectivity index (χ2v) is 6.16. The maximum Gasteiger partial charge on any atom is 0.232 e. The molecule has 0 atom stereocenters. The summed E-state index contributed by atoms with van der Waals surface area (Å²) < 4.78 is 5.93. The van der Waals surface area contributed by atoms with Gasteiger partial charge in [0.1, 0.15) is 11.9 Å². The molecule has 1 aromatic carbocycles. The van der Waals surface area contributed by atoms with Crippen LogP contribution in [0.4, 0.5) is 5.82 Å². The average Bonchev–Trinajstić information content (AvgIpc) is 2.62. The molecule has 0 aliphatic carbocycles. The van der Waals surface area contributed by atoms with Gasteiger partial charge in [-0.1, -0.05) is 24.3 Å². The van der Waals surface area contributed by atoms with Gasteiger partial charge in [-0.25, -0.2) is 9.97 Å². The Hall–Kier alpha value is -2.69. The highest BCUT2D eigenvalue weighted by Crippen LogP contribution is 2.28. The van der Waals surface area contributed by atoms with Gasteiger partial charge in [-0.2, -0.15) is 0 Å². The molecule has 0 spiro atoms. The number of nitrogens with zero attached hydrogens (tertiary/aromatic N) is 4. The van der Waals surface area contributed by atoms with Crippen molar-refractivity contribution in [2.45, 2.75) is 25.9 Å². The number of aromatic nitrogens is 3. The van der Waals surface area contributed by atoms with Crippen molar-refractivity contribution >= 4 is 16.6 Å². The van der Waals surface area contributed by atoms with Gasteiger partial charge in [-0.05, 0) is 18.4 Å². The van der Waals surface area contributed by atoms with Gasteiger partial charge in [-0.15, -0.1) is 0 Å². The summed E-state index contributed by atoms with van der Waals surface area (Å²) in [5, 5.41) is 2.47. The number of hydrogen-bond acceptors (Lipinski definition) is 5. The molecule has 1 aliphatic rings. The Morgan fingerprint density at radius 2 is 1.96 bits per heavy atom. The fourth-order valence-corrected chi connectivity index (χ4v) is 3.25. The van der Waals surface area contributed by atoms with Gasteiger partial charge in [0.25, 0.3) is 0 Å². The largest absolute Gasteiger partial charge is 0.473 e. The predicted molar refractivity (Wildman–Crippen MR) is 94.4 cm³/mol. The second-order valence-electron chi connectivity index (χ2n) is 6.16. The smallest absolute Gasteiger partial charge is 0.232 e. The molecule has 0 N–H and O–H groups in total. The summed E-state index contributed by atoms with van der Waals surface area (Å²) in [6, 6.07) is 10.6. The molecule has 0 amide bonds. The first-order valence-electron chi connectivity index (χ1n) is 8.33. The van der Waals surface area contributed by atoms with E-state index in [2.05, 4.69) is 52.1 Å². The Labute approximate surface area is 141 Å². The minimum atomic E-state index is 0.189. The van der Waals surface area contributed by atoms with Crippen LogP contribution in [0.1, 0.15) is 18.5 Å². The molecule has 3 aromatic rings. The number of rotatable bonds is 3. The van der Waals surface area contributed by atoms with Gasteiger partial charge in [0.15, 0.2) is 0 Å². The summed E-state index contributed by atoms with van der Waals surface area (Å²) in [6.07, 6.45) is 7.09. The quantitative estimate of drug-likeness (QED) is 0.740. The van der Waals surface area contributed by atoms with Gasteiger partial charge in [-0.3, -0.25) is 4.98 Å². The summed E-state index contributed by atoms with van der Waals surface area (Å²) in [4.78, 5) is 15.4. The minimum Gasteiger partial charge on any atom is -0.473 e. The van der Waals surface area contributed by atoms with Crippen molar-refractivity contribution < 1.29 is 4.74 Å². The molecule has 2 aromatic heterocycles. The van der Waals surface area contributed by atoms with Crippen LogP contribution in [-0.2, 0) is 0 Å². The van der Waals surface area contributed by atoms with Crippen molar-refractivity contribution in [3.63, 3.8) is 0 Å². The van der Waals surface area contributed by atoms with Crippen LogP contribution in [0.15, 0.2) is 48.9 Å². The van der Waals surface area contributed by atoms with E-state index in [4.69, 9.17) is 9.72 Å². The lowest BCUT2D eigenvalue weighted by molar-refractivity contribution is 0.163. The third-order valence-corrected chi connectivity index (χ3v) is 4.42. The fraction of sp³-hybridized carbons (Fsp3) is 0.316. The highest BCUT2D eigenvalue weighted by atomic mass is 16.5. The van der Waals surface area contributed by atoms with Crippen molar-refractivity contribution in [1.82, 2.24) is 15.0 Å². The first kappa shape index (κ1) is 14.9. The van der Waals surface area contributed by atoms with E-state index in [9.17, 15) is 0 Å². The molecule has 0 bridgehead atoms. The molecule has 0 unspecified atom stereocenters. The second kappa shape index (κ2) is 6.43. The standard InChI is InChI=1S/C19H20N4O/c1-14-12-15-4-2-3-5-17(15)19(22-14)23-10-6-16(7-11-23)24-18-13-20-8-9-21-18/h2-5,8-9,12-13,16H,6-7,10-11H2,1H3. The molecular formula is C19H20N4O. The molecule has 3 heterocycles. The molecule has 4 rings (SSSR count). The van der Waals surface area contributed by atoms with Gasteiger partial charge < -0.3 is 9.64 Å². The Morgan fingerprint density at radius 1 is 1.12 bits per heavy atom. The lowest BCUT2D eigenvalue weighted by atomic mass is 10.1. The third-order valence-electron chi connectivity index (χ3n) is 4.42. The van der Waals surface area contributed by atoms with Crippen LogP contribution in [0.25, 0.3) is 10.8 Å². The van der Waals surface area contributed by atoms with Crippen LogP contribution in [0.2, 0.25) is 0 Å². The molecule has 5 nitrogen and oxygen atoms in total. The van der Waals surface area contributed by atoms with E-state index < -0.39 is 0 Å². The number of piperidine rings is 1. The van der Waals surface area contributed by atoms with Crippen molar-refractivity contribution in [3.05, 3.63) is 54.6 Å². The number of anilines is 1. The maximum atomic E-state index is 5.93. The summed E-state index contributed by atoms with van der Waals surface area (Å²) >= 11 is 0. The van der Waals surface area contributed by atoms with Crippen LogP contribution in [0, 0.1) is 6.92 Å². The predicted octanol–water partition coefficient (Wildman–Crippen LogP) is 3.38. The Kier molecular flexibility index (Phi) is 3.99. The van der Waals surface area contributed by atoms with Crippen molar-refractivity contribution in [1.29, 1.82) is 0 Å². The molecule has 1 saturated heterocycles. The van der Waals surface area contributed by atoms with Gasteiger partial charge in [0.05, 0.1) is 6.20 Å². The number of hydrogen-bond donors (Lipinski definition) is 0. The molecule has 24 heavy (non-hydrogen) atoms. The molecule has 1 fully saturated rings. The number of aryl methyl sites for hydroxylation is 1. The van der Waals surface area contributed by atoms with E-state index in [-0.39, 0.29) is 6.10 Å². The maximum absolute atomic E-state index is 5.93. The molecule has 5 heteroatoms. The molecule has 0 radical (unpaired) electrons. The lowest BCUT2D eigenvalue weighted by Crippen LogP contribution is -2.39. The van der Waals surface area contributed by atoms with Crippen molar-refractivity contribution in [2.75, 3.05) is 18.0 Å². The van der Waals surface area contributed by atoms with E-state index in [0.29, 0.717) is 5.88 Å². The van der Waals surface area contributed by atoms with Crippen LogP contribution in [0.3, 0.4) is 0 Å². The van der Waals surface area contributed by atoms with Crippen LogP contribution in [-0.4, -0.2) is 34.1 Å². The summed E-state index contributed by atoms with van der Waals surface area (Å²) in [7, 11) is 0. The van der Waals surface area contributed by atoms with Crippen LogP contribution >= 0.6 is 0 Å². The molecule has 1 aliphatic heterocycles. The van der Waals surface area contributed by atoms with E-state index in [1.54, 1.807) is 18.6 Å². The van der Waals surface area contributed by atoms with E-state index >= 15 is 0 Å². The average molecular weight is 320 g/mol. The first-order chi connectivity index (χ1) is 11.8. The lowest BCUT2D eigenvalue weighted by Gasteiger charge is -2.33. The first-order valence-corrected chi connectivity index (χ1v) is 8.33. The molecule has 0 saturated carbocycles. The topological polar surface area (TPSA) is 51.1 Å². The number of pyridine rings is 1. The number of ether oxygens (including phenoxy) is 1. The van der Waals surface area contributed by atoms with Crippen molar-refractivity contribution in [2.24, 2.45) is 0 Å². The Balaban J connectivity index is 1.50. The number of benzene rings is 1. The number of fused-ring (bicyclic) bond motifs is 1. The van der Waals surface area contributed by atoms with Crippen LogP contribution in [0.5, 0.6) is 5.88 Å². The highest BCUT2D eigenvalue weighted by molar-refractivity contribution is 5.92. The van der Waals surface area contributed by atoms with Gasteiger partial charge in [0, 0.05) is 49.4 Å². The fourth-order valence-electron chi connectivity index (χ4n) is 3.25. The minimum absolute atomic E-state index is 0.189. The zero-order chi connectivity index (χ0) is 16.4. The van der Waals surface area contributed by atoms with E-state index in [0.717, 1.165) is 37.4 Å². The van der Waals surface area contributed by atoms with Crippen LogP contribution < -0.4 is 9.64 Å².